The van der Waals surface area contributed by atoms with Gasteiger partial charge in [-0.25, -0.2) is 4.39 Å². The molecule has 0 spiro atoms. The first-order valence-electron chi connectivity index (χ1n) is 7.00. The number of hydrogen-bond donors (Lipinski definition) is 2. The Balaban J connectivity index is 1.80. The lowest BCUT2D eigenvalue weighted by molar-refractivity contribution is -0.119. The largest absolute Gasteiger partial charge is 0.360 e. The third-order valence-corrected chi connectivity index (χ3v) is 3.22. The highest BCUT2D eigenvalue weighted by Crippen LogP contribution is 2.19. The SMILES string of the molecule is Cc1cc(NC(=O)CN(C)CC(=O)Nc2ccc(F)c(Cl)c2)no1. The van der Waals surface area contributed by atoms with Gasteiger partial charge in [0.15, 0.2) is 5.82 Å². The fraction of sp³-hybridized carbons (Fsp3) is 0.267. The van der Waals surface area contributed by atoms with Gasteiger partial charge in [-0.2, -0.15) is 0 Å². The van der Waals surface area contributed by atoms with Gasteiger partial charge in [-0.05, 0) is 32.2 Å². The molecule has 1 aromatic heterocycles. The number of hydrogen-bond acceptors (Lipinski definition) is 5. The molecule has 7 nitrogen and oxygen atoms in total. The van der Waals surface area contributed by atoms with Crippen molar-refractivity contribution in [2.75, 3.05) is 30.8 Å². The van der Waals surface area contributed by atoms with Crippen LogP contribution in [0.15, 0.2) is 28.8 Å². The minimum absolute atomic E-state index is 0.0104. The number of rotatable bonds is 6. The average Bonchev–Trinajstić information content (AvgIpc) is 2.87. The Morgan fingerprint density at radius 3 is 2.50 bits per heavy atom. The van der Waals surface area contributed by atoms with Crippen molar-refractivity contribution in [1.82, 2.24) is 10.1 Å². The highest BCUT2D eigenvalue weighted by molar-refractivity contribution is 6.31. The predicted octanol–water partition coefficient (Wildman–Crippen LogP) is 2.28. The zero-order chi connectivity index (χ0) is 17.7. The molecule has 2 aromatic rings. The number of carbonyl (C=O) groups excluding carboxylic acids is 2. The molecular formula is C15H16ClFN4O3. The average molecular weight is 355 g/mol. The Morgan fingerprint density at radius 2 is 1.92 bits per heavy atom. The summed E-state index contributed by atoms with van der Waals surface area (Å²) in [5, 5.41) is 8.70. The first kappa shape index (κ1) is 17.9. The number of halogens is 2. The summed E-state index contributed by atoms with van der Waals surface area (Å²) in [7, 11) is 1.62. The van der Waals surface area contributed by atoms with Crippen molar-refractivity contribution in [3.8, 4) is 0 Å². The molecule has 2 rings (SSSR count). The summed E-state index contributed by atoms with van der Waals surface area (Å²) in [5.74, 6) is -0.354. The van der Waals surface area contributed by atoms with E-state index in [2.05, 4.69) is 15.8 Å². The van der Waals surface area contributed by atoms with E-state index in [-0.39, 0.29) is 29.9 Å². The maximum absolute atomic E-state index is 13.1. The monoisotopic (exact) mass is 354 g/mol. The molecule has 128 valence electrons. The van der Waals surface area contributed by atoms with Gasteiger partial charge in [0.1, 0.15) is 11.6 Å². The number of aromatic nitrogens is 1. The van der Waals surface area contributed by atoms with E-state index in [1.807, 2.05) is 0 Å². The highest BCUT2D eigenvalue weighted by atomic mass is 35.5. The predicted molar refractivity (Wildman–Crippen MR) is 87.4 cm³/mol. The van der Waals surface area contributed by atoms with E-state index in [1.54, 1.807) is 20.0 Å². The van der Waals surface area contributed by atoms with Crippen molar-refractivity contribution in [2.45, 2.75) is 6.92 Å². The topological polar surface area (TPSA) is 87.5 Å². The summed E-state index contributed by atoms with van der Waals surface area (Å²) in [4.78, 5) is 25.3. The van der Waals surface area contributed by atoms with Crippen LogP contribution in [-0.4, -0.2) is 42.0 Å². The molecule has 0 saturated heterocycles. The van der Waals surface area contributed by atoms with Gasteiger partial charge in [0.25, 0.3) is 0 Å². The third kappa shape index (κ3) is 5.32. The van der Waals surface area contributed by atoms with Crippen LogP contribution in [0.1, 0.15) is 5.76 Å². The van der Waals surface area contributed by atoms with Crippen LogP contribution in [0.3, 0.4) is 0 Å². The molecule has 0 unspecified atom stereocenters. The van der Waals surface area contributed by atoms with Gasteiger partial charge < -0.3 is 15.2 Å². The number of likely N-dealkylation sites (N-methyl/N-ethyl adjacent to an activating group) is 1. The van der Waals surface area contributed by atoms with Gasteiger partial charge in [0.2, 0.25) is 11.8 Å². The van der Waals surface area contributed by atoms with E-state index in [1.165, 1.54) is 17.0 Å². The van der Waals surface area contributed by atoms with E-state index >= 15 is 0 Å². The molecule has 9 heteroatoms. The van der Waals surface area contributed by atoms with E-state index < -0.39 is 5.82 Å². The van der Waals surface area contributed by atoms with Crippen molar-refractivity contribution in [3.63, 3.8) is 0 Å². The zero-order valence-electron chi connectivity index (χ0n) is 13.1. The van der Waals surface area contributed by atoms with E-state index in [4.69, 9.17) is 16.1 Å². The van der Waals surface area contributed by atoms with Gasteiger partial charge in [0.05, 0.1) is 18.1 Å². The van der Waals surface area contributed by atoms with E-state index in [9.17, 15) is 14.0 Å². The molecular weight excluding hydrogens is 339 g/mol. The number of amides is 2. The van der Waals surface area contributed by atoms with E-state index in [0.29, 0.717) is 17.3 Å². The number of anilines is 2. The minimum Gasteiger partial charge on any atom is -0.360 e. The van der Waals surface area contributed by atoms with Crippen LogP contribution in [0.2, 0.25) is 5.02 Å². The second-order valence-electron chi connectivity index (χ2n) is 5.22. The molecule has 24 heavy (non-hydrogen) atoms. The Kier molecular flexibility index (Phi) is 5.88. The Labute approximate surface area is 142 Å². The number of carbonyl (C=O) groups is 2. The molecule has 0 bridgehead atoms. The van der Waals surface area contributed by atoms with Gasteiger partial charge in [-0.3, -0.25) is 14.5 Å². The van der Waals surface area contributed by atoms with Crippen LogP contribution < -0.4 is 10.6 Å². The molecule has 2 N–H and O–H groups in total. The smallest absolute Gasteiger partial charge is 0.239 e. The highest BCUT2D eigenvalue weighted by Gasteiger charge is 2.13. The summed E-state index contributed by atoms with van der Waals surface area (Å²) in [6.45, 7) is 1.67. The van der Waals surface area contributed by atoms with Crippen LogP contribution in [-0.2, 0) is 9.59 Å². The van der Waals surface area contributed by atoms with Crippen LogP contribution in [0.5, 0.6) is 0 Å². The lowest BCUT2D eigenvalue weighted by atomic mass is 10.3. The van der Waals surface area contributed by atoms with Crippen LogP contribution in [0, 0.1) is 12.7 Å². The lowest BCUT2D eigenvalue weighted by Gasteiger charge is -2.15. The lowest BCUT2D eigenvalue weighted by Crippen LogP contribution is -2.36. The van der Waals surface area contributed by atoms with Crippen molar-refractivity contribution in [1.29, 1.82) is 0 Å². The number of aryl methyl sites for hydroxylation is 1. The number of nitrogens with one attached hydrogen (secondary N) is 2. The Bertz CT molecular complexity index is 750. The molecule has 0 fully saturated rings. The van der Waals surface area contributed by atoms with Crippen molar-refractivity contribution >= 4 is 34.9 Å². The quantitative estimate of drug-likeness (QED) is 0.831. The van der Waals surface area contributed by atoms with Gasteiger partial charge in [0, 0.05) is 11.8 Å². The van der Waals surface area contributed by atoms with Crippen LogP contribution in [0.25, 0.3) is 0 Å². The molecule has 0 saturated carbocycles. The van der Waals surface area contributed by atoms with Gasteiger partial charge in [-0.1, -0.05) is 16.8 Å². The van der Waals surface area contributed by atoms with Gasteiger partial charge >= 0.3 is 0 Å². The fourth-order valence-corrected chi connectivity index (χ4v) is 2.11. The first-order chi connectivity index (χ1) is 11.3. The molecule has 0 aliphatic heterocycles. The summed E-state index contributed by atoms with van der Waals surface area (Å²) in [6.07, 6.45) is 0. The molecule has 1 heterocycles. The van der Waals surface area contributed by atoms with Crippen LogP contribution in [0.4, 0.5) is 15.9 Å². The Morgan fingerprint density at radius 1 is 1.25 bits per heavy atom. The number of benzene rings is 1. The standard InChI is InChI=1S/C15H16ClFN4O3/c1-9-5-13(20-24-9)19-15(23)8-21(2)7-14(22)18-10-3-4-12(17)11(16)6-10/h3-6H,7-8H2,1-2H3,(H,18,22)(H,19,20,23). The molecule has 0 aliphatic carbocycles. The number of nitrogens with zero attached hydrogens (tertiary/aromatic N) is 2. The van der Waals surface area contributed by atoms with Crippen LogP contribution >= 0.6 is 11.6 Å². The summed E-state index contributed by atoms with van der Waals surface area (Å²) in [5.41, 5.74) is 0.377. The molecule has 0 atom stereocenters. The fourth-order valence-electron chi connectivity index (χ4n) is 1.93. The summed E-state index contributed by atoms with van der Waals surface area (Å²) < 4.78 is 17.9. The second kappa shape index (κ2) is 7.89. The first-order valence-corrected chi connectivity index (χ1v) is 7.38. The minimum atomic E-state index is -0.563. The molecule has 1 aromatic carbocycles. The molecule has 2 amide bonds. The van der Waals surface area contributed by atoms with E-state index in [0.717, 1.165) is 6.07 Å². The third-order valence-electron chi connectivity index (χ3n) is 2.93. The summed E-state index contributed by atoms with van der Waals surface area (Å²) >= 11 is 5.65. The van der Waals surface area contributed by atoms with Crippen molar-refractivity contribution in [3.05, 3.63) is 40.9 Å². The maximum atomic E-state index is 13.1. The second-order valence-corrected chi connectivity index (χ2v) is 5.63. The van der Waals surface area contributed by atoms with Crippen molar-refractivity contribution < 1.29 is 18.5 Å². The summed E-state index contributed by atoms with van der Waals surface area (Å²) in [6, 6.07) is 5.46. The van der Waals surface area contributed by atoms with Gasteiger partial charge in [-0.15, -0.1) is 0 Å². The van der Waals surface area contributed by atoms with Crippen molar-refractivity contribution in [2.24, 2.45) is 0 Å². The normalized spacial score (nSPS) is 10.7. The molecule has 0 radical (unpaired) electrons. The maximum Gasteiger partial charge on any atom is 0.239 e. The molecule has 0 aliphatic rings. The Hall–Kier alpha value is -2.45. The zero-order valence-corrected chi connectivity index (χ0v) is 13.9.